The molecule has 1 aromatic heterocycles. The number of hydrogen-bond acceptors (Lipinski definition) is 5. The Morgan fingerprint density at radius 3 is 2.71 bits per heavy atom. The average Bonchev–Trinajstić information content (AvgIpc) is 3.04. The van der Waals surface area contributed by atoms with Crippen LogP contribution in [0, 0.1) is 0 Å². The van der Waals surface area contributed by atoms with Gasteiger partial charge in [0.05, 0.1) is 5.39 Å². The van der Waals surface area contributed by atoms with Gasteiger partial charge >= 0.3 is 0 Å². The van der Waals surface area contributed by atoms with Crippen molar-refractivity contribution < 1.29 is 14.3 Å². The molecule has 1 aliphatic heterocycles. The molecule has 2 aromatic carbocycles. The van der Waals surface area contributed by atoms with Crippen LogP contribution in [0.15, 0.2) is 35.3 Å². The van der Waals surface area contributed by atoms with Gasteiger partial charge in [-0.25, -0.2) is 0 Å². The van der Waals surface area contributed by atoms with E-state index in [4.69, 9.17) is 15.2 Å². The molecule has 0 aliphatic carbocycles. The quantitative estimate of drug-likeness (QED) is 0.625. The summed E-state index contributed by atoms with van der Waals surface area (Å²) in [5.41, 5.74) is 5.71. The molecule has 0 spiro atoms. The van der Waals surface area contributed by atoms with Crippen LogP contribution in [-0.2, 0) is 0 Å². The Kier molecular flexibility index (Phi) is 3.35. The van der Waals surface area contributed by atoms with E-state index in [1.54, 1.807) is 30.5 Å². The fourth-order valence-corrected chi connectivity index (χ4v) is 2.97. The van der Waals surface area contributed by atoms with E-state index in [9.17, 15) is 9.59 Å². The van der Waals surface area contributed by atoms with Gasteiger partial charge in [0.2, 0.25) is 6.79 Å². The van der Waals surface area contributed by atoms with Crippen molar-refractivity contribution in [2.75, 3.05) is 19.9 Å². The van der Waals surface area contributed by atoms with E-state index in [0.29, 0.717) is 51.7 Å². The van der Waals surface area contributed by atoms with E-state index in [1.807, 2.05) is 0 Å². The molecule has 0 saturated heterocycles. The van der Waals surface area contributed by atoms with E-state index in [2.05, 4.69) is 10.3 Å². The molecular weight excluding hydrogens is 310 g/mol. The smallest absolute Gasteiger partial charge is 0.256 e. The first-order valence-electron chi connectivity index (χ1n) is 7.55. The van der Waals surface area contributed by atoms with Crippen molar-refractivity contribution in [1.82, 2.24) is 10.3 Å². The lowest BCUT2D eigenvalue weighted by molar-refractivity contribution is 0.0956. The summed E-state index contributed by atoms with van der Waals surface area (Å²) in [6.07, 6.45) is 1.56. The monoisotopic (exact) mass is 325 g/mol. The lowest BCUT2D eigenvalue weighted by Gasteiger charge is -2.11. The van der Waals surface area contributed by atoms with Crippen molar-refractivity contribution in [3.8, 4) is 11.5 Å². The van der Waals surface area contributed by atoms with E-state index in [0.717, 1.165) is 0 Å². The molecule has 7 nitrogen and oxygen atoms in total. The highest BCUT2D eigenvalue weighted by atomic mass is 16.7. The Balaban J connectivity index is 2.07. The molecule has 122 valence electrons. The molecule has 3 aromatic rings. The van der Waals surface area contributed by atoms with Crippen molar-refractivity contribution in [3.63, 3.8) is 0 Å². The molecule has 4 rings (SSSR count). The summed E-state index contributed by atoms with van der Waals surface area (Å²) in [4.78, 5) is 27.5. The topological polar surface area (TPSA) is 106 Å². The summed E-state index contributed by atoms with van der Waals surface area (Å²) in [7, 11) is 0. The summed E-state index contributed by atoms with van der Waals surface area (Å²) in [5.74, 6) is 0.875. The second-order valence-electron chi connectivity index (χ2n) is 5.49. The number of benzene rings is 2. The highest BCUT2D eigenvalue weighted by Gasteiger charge is 2.20. The van der Waals surface area contributed by atoms with Crippen LogP contribution in [0.4, 0.5) is 0 Å². The molecule has 0 radical (unpaired) electrons. The number of nitrogens with one attached hydrogen (secondary N) is 2. The number of hydrogen-bond donors (Lipinski definition) is 3. The van der Waals surface area contributed by atoms with Crippen LogP contribution < -0.4 is 26.1 Å². The number of nitrogens with two attached hydrogens (primary N) is 1. The minimum absolute atomic E-state index is 0.120. The van der Waals surface area contributed by atoms with Gasteiger partial charge in [-0.3, -0.25) is 9.59 Å². The third-order valence-corrected chi connectivity index (χ3v) is 4.04. The third-order valence-electron chi connectivity index (χ3n) is 4.04. The van der Waals surface area contributed by atoms with Crippen molar-refractivity contribution in [1.29, 1.82) is 0 Å². The molecule has 2 heterocycles. The highest BCUT2D eigenvalue weighted by Crippen LogP contribution is 2.39. The first-order chi connectivity index (χ1) is 11.7. The molecular formula is C17H15N3O4. The number of aromatic nitrogens is 1. The number of carbonyl (C=O) groups excluding carboxylic acids is 1. The first kappa shape index (κ1) is 14.5. The van der Waals surface area contributed by atoms with Gasteiger partial charge in [0.1, 0.15) is 0 Å². The minimum atomic E-state index is -0.244. The SMILES string of the molecule is NCCNC(=O)c1cc2cc[nH]c(=O)c2c2cc3c(cc12)OCO3. The molecule has 0 saturated carbocycles. The van der Waals surface area contributed by atoms with Crippen LogP contribution in [0.1, 0.15) is 10.4 Å². The molecule has 1 aliphatic rings. The van der Waals surface area contributed by atoms with Crippen molar-refractivity contribution in [2.24, 2.45) is 5.73 Å². The number of aromatic amines is 1. The maximum atomic E-state index is 12.5. The molecule has 0 bridgehead atoms. The summed E-state index contributed by atoms with van der Waals surface area (Å²) < 4.78 is 10.8. The van der Waals surface area contributed by atoms with Crippen LogP contribution in [0.3, 0.4) is 0 Å². The third kappa shape index (κ3) is 2.17. The summed E-state index contributed by atoms with van der Waals surface area (Å²) in [6, 6.07) is 6.96. The number of rotatable bonds is 3. The van der Waals surface area contributed by atoms with Crippen molar-refractivity contribution >= 4 is 27.5 Å². The largest absolute Gasteiger partial charge is 0.454 e. The van der Waals surface area contributed by atoms with Crippen molar-refractivity contribution in [2.45, 2.75) is 0 Å². The Morgan fingerprint density at radius 2 is 1.96 bits per heavy atom. The number of ether oxygens (including phenoxy) is 2. The first-order valence-corrected chi connectivity index (χ1v) is 7.55. The van der Waals surface area contributed by atoms with Gasteiger partial charge in [0.25, 0.3) is 11.5 Å². The fraction of sp³-hybridized carbons (Fsp3) is 0.176. The van der Waals surface area contributed by atoms with Gasteiger partial charge in [-0.15, -0.1) is 0 Å². The molecule has 4 N–H and O–H groups in total. The second kappa shape index (κ2) is 5.54. The van der Waals surface area contributed by atoms with Crippen LogP contribution in [0.5, 0.6) is 11.5 Å². The lowest BCUT2D eigenvalue weighted by Crippen LogP contribution is -2.29. The minimum Gasteiger partial charge on any atom is -0.454 e. The normalized spacial score (nSPS) is 12.7. The maximum Gasteiger partial charge on any atom is 0.256 e. The summed E-state index contributed by atoms with van der Waals surface area (Å²) >= 11 is 0. The molecule has 0 fully saturated rings. The zero-order valence-corrected chi connectivity index (χ0v) is 12.7. The van der Waals surface area contributed by atoms with Crippen molar-refractivity contribution in [3.05, 3.63) is 46.4 Å². The van der Waals surface area contributed by atoms with Crippen LogP contribution in [0.25, 0.3) is 21.5 Å². The van der Waals surface area contributed by atoms with Gasteiger partial charge in [-0.1, -0.05) is 0 Å². The summed E-state index contributed by atoms with van der Waals surface area (Å²) in [6.45, 7) is 0.843. The lowest BCUT2D eigenvalue weighted by atomic mass is 9.97. The highest BCUT2D eigenvalue weighted by molar-refractivity contribution is 6.17. The van der Waals surface area contributed by atoms with Crippen LogP contribution in [0.2, 0.25) is 0 Å². The molecule has 24 heavy (non-hydrogen) atoms. The van der Waals surface area contributed by atoms with E-state index < -0.39 is 0 Å². The number of amides is 1. The number of pyridine rings is 1. The Hall–Kier alpha value is -3.06. The van der Waals surface area contributed by atoms with Gasteiger partial charge < -0.3 is 25.5 Å². The van der Waals surface area contributed by atoms with Crippen LogP contribution in [-0.4, -0.2) is 30.8 Å². The van der Waals surface area contributed by atoms with Gasteiger partial charge in [-0.05, 0) is 40.4 Å². The second-order valence-corrected chi connectivity index (χ2v) is 5.49. The van der Waals surface area contributed by atoms with Gasteiger partial charge in [0.15, 0.2) is 11.5 Å². The average molecular weight is 325 g/mol. The summed E-state index contributed by atoms with van der Waals surface area (Å²) in [5, 5.41) is 5.25. The standard InChI is InChI=1S/C17H15N3O4/c18-2-4-20-16(21)12-5-9-1-3-19-17(22)15(9)11-7-14-13(6-10(11)12)23-8-24-14/h1,3,5-7H,2,4,8,18H2,(H,19,22)(H,20,21). The van der Waals surface area contributed by atoms with E-state index in [1.165, 1.54) is 0 Å². The Bertz CT molecular complexity index is 1030. The Labute approximate surface area is 136 Å². The fourth-order valence-electron chi connectivity index (χ4n) is 2.97. The predicted molar refractivity (Wildman–Crippen MR) is 89.6 cm³/mol. The predicted octanol–water partition coefficient (Wildman–Crippen LogP) is 1.10. The Morgan fingerprint density at radius 1 is 1.21 bits per heavy atom. The molecule has 0 unspecified atom stereocenters. The van der Waals surface area contributed by atoms with E-state index in [-0.39, 0.29) is 18.3 Å². The number of H-pyrrole nitrogens is 1. The zero-order valence-electron chi connectivity index (χ0n) is 12.7. The molecule has 7 heteroatoms. The maximum absolute atomic E-state index is 12.5. The number of carbonyl (C=O) groups is 1. The molecule has 0 atom stereocenters. The number of fused-ring (bicyclic) bond motifs is 4. The van der Waals surface area contributed by atoms with Gasteiger partial charge in [-0.2, -0.15) is 0 Å². The van der Waals surface area contributed by atoms with Crippen LogP contribution >= 0.6 is 0 Å². The van der Waals surface area contributed by atoms with E-state index >= 15 is 0 Å². The molecule has 1 amide bonds. The van der Waals surface area contributed by atoms with Gasteiger partial charge in [0, 0.05) is 24.8 Å². The zero-order chi connectivity index (χ0) is 16.7.